The second-order valence-corrected chi connectivity index (χ2v) is 2.57. The van der Waals surface area contributed by atoms with Crippen LogP contribution >= 0.6 is 0 Å². The molecule has 0 heterocycles. The van der Waals surface area contributed by atoms with Gasteiger partial charge < -0.3 is 0 Å². The Morgan fingerprint density at radius 1 is 0.417 bits per heavy atom. The molecule has 0 unspecified atom stereocenters. The Morgan fingerprint density at radius 3 is 1.33 bits per heavy atom. The molecule has 1 aliphatic rings. The van der Waals surface area contributed by atoms with Crippen LogP contribution in [0.4, 0.5) is 0 Å². The molecule has 0 aliphatic heterocycles. The van der Waals surface area contributed by atoms with Gasteiger partial charge in [-0.05, 0) is 12.8 Å². The molecule has 0 aromatic rings. The van der Waals surface area contributed by atoms with Crippen LogP contribution in [0.5, 0.6) is 0 Å². The first kappa shape index (κ1) is 8.79. The summed E-state index contributed by atoms with van der Waals surface area (Å²) in [6, 6.07) is 0. The molecule has 0 fully saturated rings. The molecular formula is C12H14. The highest BCUT2D eigenvalue weighted by Crippen LogP contribution is 1.93. The molecule has 0 atom stereocenters. The number of hydrogen-bond donors (Lipinski definition) is 0. The third-order valence-corrected chi connectivity index (χ3v) is 1.54. The molecule has 0 nitrogen and oxygen atoms in total. The standard InChI is InChI=1S/C12H14/c1-2-4-6-8-10-12-11-9-7-5-3-1/h1-8,11-12H,9-10H2/b3-1-,4-2+,7-5?,8-6-,12-11-. The normalized spacial score (nSPS) is 28.0. The quantitative estimate of drug-likeness (QED) is 0.473. The van der Waals surface area contributed by atoms with Crippen LogP contribution in [0.1, 0.15) is 12.8 Å². The van der Waals surface area contributed by atoms with Crippen molar-refractivity contribution in [3.63, 3.8) is 0 Å². The van der Waals surface area contributed by atoms with Crippen LogP contribution in [0, 0.1) is 0 Å². The van der Waals surface area contributed by atoms with Gasteiger partial charge in [-0.2, -0.15) is 0 Å². The molecule has 62 valence electrons. The third-order valence-electron chi connectivity index (χ3n) is 1.54. The van der Waals surface area contributed by atoms with Crippen molar-refractivity contribution < 1.29 is 0 Å². The van der Waals surface area contributed by atoms with E-state index in [-0.39, 0.29) is 0 Å². The van der Waals surface area contributed by atoms with Crippen LogP contribution in [0.3, 0.4) is 0 Å². The summed E-state index contributed by atoms with van der Waals surface area (Å²) in [5, 5.41) is 0. The van der Waals surface area contributed by atoms with Gasteiger partial charge in [0, 0.05) is 0 Å². The van der Waals surface area contributed by atoms with Crippen molar-refractivity contribution in [2.45, 2.75) is 12.8 Å². The van der Waals surface area contributed by atoms with E-state index in [9.17, 15) is 0 Å². The summed E-state index contributed by atoms with van der Waals surface area (Å²) in [4.78, 5) is 0. The predicted octanol–water partition coefficient (Wildman–Crippen LogP) is 3.56. The molecule has 12 heavy (non-hydrogen) atoms. The fourth-order valence-electron chi connectivity index (χ4n) is 0.920. The number of allylic oxidation sites excluding steroid dienone is 10. The smallest absolute Gasteiger partial charge is 0.0166 e. The highest BCUT2D eigenvalue weighted by Gasteiger charge is 1.72. The fourth-order valence-corrected chi connectivity index (χ4v) is 0.920. The minimum atomic E-state index is 1.03. The maximum Gasteiger partial charge on any atom is -0.0166 e. The van der Waals surface area contributed by atoms with Gasteiger partial charge in [0.2, 0.25) is 0 Å². The molecule has 0 heteroatoms. The van der Waals surface area contributed by atoms with Crippen molar-refractivity contribution in [3.8, 4) is 0 Å². The van der Waals surface area contributed by atoms with E-state index in [2.05, 4.69) is 36.5 Å². The lowest BCUT2D eigenvalue weighted by atomic mass is 10.2. The van der Waals surface area contributed by atoms with Gasteiger partial charge in [-0.1, -0.05) is 60.8 Å². The van der Waals surface area contributed by atoms with Crippen molar-refractivity contribution in [2.75, 3.05) is 0 Å². The molecule has 0 bridgehead atoms. The summed E-state index contributed by atoms with van der Waals surface area (Å²) in [5.74, 6) is 0. The summed E-state index contributed by atoms with van der Waals surface area (Å²) in [6.07, 6.45) is 23.0. The summed E-state index contributed by atoms with van der Waals surface area (Å²) in [7, 11) is 0. The largest absolute Gasteiger partial charge is 0.0844 e. The van der Waals surface area contributed by atoms with E-state index in [0.29, 0.717) is 0 Å². The van der Waals surface area contributed by atoms with Gasteiger partial charge >= 0.3 is 0 Å². The first-order valence-electron chi connectivity index (χ1n) is 4.30. The summed E-state index contributed by atoms with van der Waals surface area (Å²) >= 11 is 0. The van der Waals surface area contributed by atoms with Crippen LogP contribution in [0.25, 0.3) is 0 Å². The van der Waals surface area contributed by atoms with E-state index < -0.39 is 0 Å². The van der Waals surface area contributed by atoms with E-state index >= 15 is 0 Å². The zero-order chi connectivity index (χ0) is 8.49. The summed E-state index contributed by atoms with van der Waals surface area (Å²) in [6.45, 7) is 0. The highest BCUT2D eigenvalue weighted by molar-refractivity contribution is 5.16. The Labute approximate surface area is 74.3 Å². The third kappa shape index (κ3) is 4.51. The average Bonchev–Trinajstić information content (AvgIpc) is 2.05. The SMILES string of the molecule is C1=CC/C=C\C\C=C/C=C/C=C\1. The molecular weight excluding hydrogens is 144 g/mol. The minimum absolute atomic E-state index is 1.03. The zero-order valence-electron chi connectivity index (χ0n) is 7.19. The Balaban J connectivity index is 2.55. The second kappa shape index (κ2) is 6.41. The van der Waals surface area contributed by atoms with Crippen molar-refractivity contribution in [2.24, 2.45) is 0 Å². The Hall–Kier alpha value is -1.30. The van der Waals surface area contributed by atoms with Crippen LogP contribution in [0.2, 0.25) is 0 Å². The van der Waals surface area contributed by atoms with Crippen molar-refractivity contribution in [1.82, 2.24) is 0 Å². The van der Waals surface area contributed by atoms with Crippen molar-refractivity contribution in [1.29, 1.82) is 0 Å². The number of hydrogen-bond acceptors (Lipinski definition) is 0. The first-order chi connectivity index (χ1) is 6.00. The molecule has 0 aromatic heterocycles. The van der Waals surface area contributed by atoms with Crippen LogP contribution < -0.4 is 0 Å². The van der Waals surface area contributed by atoms with Gasteiger partial charge in [0.15, 0.2) is 0 Å². The molecule has 0 saturated carbocycles. The van der Waals surface area contributed by atoms with Crippen LogP contribution in [-0.2, 0) is 0 Å². The molecule has 0 amide bonds. The fraction of sp³-hybridized carbons (Fsp3) is 0.167. The highest BCUT2D eigenvalue weighted by atomic mass is 13.8. The van der Waals surface area contributed by atoms with Gasteiger partial charge in [0.25, 0.3) is 0 Å². The molecule has 1 aliphatic carbocycles. The second-order valence-electron chi connectivity index (χ2n) is 2.57. The van der Waals surface area contributed by atoms with Crippen LogP contribution in [-0.4, -0.2) is 0 Å². The van der Waals surface area contributed by atoms with Gasteiger partial charge in [-0.3, -0.25) is 0 Å². The van der Waals surface area contributed by atoms with Gasteiger partial charge in [-0.15, -0.1) is 0 Å². The van der Waals surface area contributed by atoms with Gasteiger partial charge in [0.1, 0.15) is 0 Å². The van der Waals surface area contributed by atoms with Gasteiger partial charge in [-0.25, -0.2) is 0 Å². The lowest BCUT2D eigenvalue weighted by Crippen LogP contribution is -1.62. The van der Waals surface area contributed by atoms with E-state index in [1.54, 1.807) is 0 Å². The molecule has 1 rings (SSSR count). The summed E-state index contributed by atoms with van der Waals surface area (Å²) < 4.78 is 0. The van der Waals surface area contributed by atoms with E-state index in [4.69, 9.17) is 0 Å². The topological polar surface area (TPSA) is 0 Å². The predicted molar refractivity (Wildman–Crippen MR) is 54.9 cm³/mol. The monoisotopic (exact) mass is 158 g/mol. The van der Waals surface area contributed by atoms with E-state index in [0.717, 1.165) is 12.8 Å². The van der Waals surface area contributed by atoms with Crippen LogP contribution in [0.15, 0.2) is 60.8 Å². The molecule has 0 spiro atoms. The van der Waals surface area contributed by atoms with E-state index in [1.165, 1.54) is 0 Å². The number of rotatable bonds is 0. The zero-order valence-corrected chi connectivity index (χ0v) is 7.19. The Bertz CT molecular complexity index is 211. The van der Waals surface area contributed by atoms with E-state index in [1.807, 2.05) is 24.3 Å². The van der Waals surface area contributed by atoms with Gasteiger partial charge in [0.05, 0.1) is 0 Å². The average molecular weight is 158 g/mol. The Morgan fingerprint density at radius 2 is 0.833 bits per heavy atom. The molecule has 0 saturated heterocycles. The first-order valence-corrected chi connectivity index (χ1v) is 4.30. The minimum Gasteiger partial charge on any atom is -0.0844 e. The van der Waals surface area contributed by atoms with Crippen molar-refractivity contribution >= 4 is 0 Å². The lowest BCUT2D eigenvalue weighted by Gasteiger charge is -1.83. The lowest BCUT2D eigenvalue weighted by molar-refractivity contribution is 1.31. The molecule has 0 aromatic carbocycles. The molecule has 0 radical (unpaired) electrons. The maximum atomic E-state index is 2.18. The molecule has 0 N–H and O–H groups in total. The van der Waals surface area contributed by atoms with Crippen molar-refractivity contribution in [3.05, 3.63) is 60.8 Å². The maximum absolute atomic E-state index is 2.18. The summed E-state index contributed by atoms with van der Waals surface area (Å²) in [5.41, 5.74) is 0. The Kier molecular flexibility index (Phi) is 4.70.